The fraction of sp³-hybridized carbons (Fsp3) is 0.714. The van der Waals surface area contributed by atoms with Gasteiger partial charge in [0.2, 0.25) is 5.75 Å². The van der Waals surface area contributed by atoms with E-state index in [4.69, 9.17) is 0 Å². The summed E-state index contributed by atoms with van der Waals surface area (Å²) in [5.41, 5.74) is 2.93. The molecule has 0 amide bonds. The predicted molar refractivity (Wildman–Crippen MR) is 96.6 cm³/mol. The Hall–Kier alpha value is -1.38. The van der Waals surface area contributed by atoms with Gasteiger partial charge in [-0.05, 0) is 86.7 Å². The van der Waals surface area contributed by atoms with Gasteiger partial charge < -0.3 is 15.3 Å². The van der Waals surface area contributed by atoms with Crippen LogP contribution >= 0.6 is 0 Å². The fourth-order valence-corrected chi connectivity index (χ4v) is 4.01. The summed E-state index contributed by atoms with van der Waals surface area (Å²) in [7, 11) is 0. The maximum absolute atomic E-state index is 10.3. The molecule has 0 aliphatic heterocycles. The van der Waals surface area contributed by atoms with E-state index in [0.29, 0.717) is 10.8 Å². The zero-order valence-electron chi connectivity index (χ0n) is 15.2. The number of benzene rings is 1. The van der Waals surface area contributed by atoms with Gasteiger partial charge >= 0.3 is 0 Å². The SMILES string of the molecule is CCC1(CCCc2cc(O)c(O)c(O)c2CCCC2(C)CC2)CC1. The van der Waals surface area contributed by atoms with E-state index < -0.39 is 0 Å². The van der Waals surface area contributed by atoms with E-state index in [1.165, 1.54) is 44.9 Å². The van der Waals surface area contributed by atoms with Gasteiger partial charge in [0, 0.05) is 5.56 Å². The Morgan fingerprint density at radius 1 is 0.917 bits per heavy atom. The van der Waals surface area contributed by atoms with Crippen molar-refractivity contribution in [2.75, 3.05) is 0 Å². The lowest BCUT2D eigenvalue weighted by Crippen LogP contribution is -2.02. The van der Waals surface area contributed by atoms with E-state index in [2.05, 4.69) is 13.8 Å². The van der Waals surface area contributed by atoms with Gasteiger partial charge in [-0.25, -0.2) is 0 Å². The molecule has 0 spiro atoms. The van der Waals surface area contributed by atoms with Crippen LogP contribution in [0.25, 0.3) is 0 Å². The minimum atomic E-state index is -0.362. The second kappa shape index (κ2) is 6.50. The largest absolute Gasteiger partial charge is 0.504 e. The minimum absolute atomic E-state index is 0.109. The van der Waals surface area contributed by atoms with Gasteiger partial charge in [0.25, 0.3) is 0 Å². The standard InChI is InChI=1S/C21H32O3/c1-3-21(12-13-21)9-4-6-15-14-17(22)19(24)18(23)16(15)7-5-8-20(2)10-11-20/h14,22-24H,3-13H2,1-2H3. The highest BCUT2D eigenvalue weighted by atomic mass is 16.3. The monoisotopic (exact) mass is 332 g/mol. The quantitative estimate of drug-likeness (QED) is 0.528. The van der Waals surface area contributed by atoms with E-state index in [9.17, 15) is 15.3 Å². The maximum atomic E-state index is 10.3. The number of hydrogen-bond acceptors (Lipinski definition) is 3. The van der Waals surface area contributed by atoms with Crippen molar-refractivity contribution in [3.05, 3.63) is 17.2 Å². The molecule has 2 fully saturated rings. The first kappa shape index (κ1) is 17.4. The average molecular weight is 332 g/mol. The highest BCUT2D eigenvalue weighted by Crippen LogP contribution is 2.53. The van der Waals surface area contributed by atoms with E-state index >= 15 is 0 Å². The molecular formula is C21H32O3. The molecule has 2 aliphatic rings. The van der Waals surface area contributed by atoms with Crippen molar-refractivity contribution in [2.45, 2.75) is 84.5 Å². The van der Waals surface area contributed by atoms with Gasteiger partial charge in [-0.3, -0.25) is 0 Å². The number of phenols is 3. The summed E-state index contributed by atoms with van der Waals surface area (Å²) in [5.74, 6) is -0.668. The molecule has 3 heteroatoms. The summed E-state index contributed by atoms with van der Waals surface area (Å²) in [5, 5.41) is 30.1. The Morgan fingerprint density at radius 3 is 2.17 bits per heavy atom. The minimum Gasteiger partial charge on any atom is -0.504 e. The van der Waals surface area contributed by atoms with Crippen LogP contribution in [0.5, 0.6) is 17.2 Å². The molecule has 0 bridgehead atoms. The third kappa shape index (κ3) is 3.81. The van der Waals surface area contributed by atoms with Gasteiger partial charge in [0.05, 0.1) is 0 Å². The highest BCUT2D eigenvalue weighted by molar-refractivity contribution is 5.57. The van der Waals surface area contributed by atoms with Gasteiger partial charge in [0.15, 0.2) is 11.5 Å². The Balaban J connectivity index is 1.65. The zero-order chi connectivity index (χ0) is 17.4. The first-order chi connectivity index (χ1) is 11.4. The Labute approximate surface area is 145 Å². The molecule has 24 heavy (non-hydrogen) atoms. The summed E-state index contributed by atoms with van der Waals surface area (Å²) in [4.78, 5) is 0. The van der Waals surface area contributed by atoms with Crippen LogP contribution in [-0.4, -0.2) is 15.3 Å². The van der Waals surface area contributed by atoms with Crippen molar-refractivity contribution < 1.29 is 15.3 Å². The molecule has 0 heterocycles. The second-order valence-corrected chi connectivity index (χ2v) is 8.60. The van der Waals surface area contributed by atoms with Crippen LogP contribution < -0.4 is 0 Å². The van der Waals surface area contributed by atoms with Crippen molar-refractivity contribution >= 4 is 0 Å². The lowest BCUT2D eigenvalue weighted by atomic mass is 9.90. The number of hydrogen-bond donors (Lipinski definition) is 3. The van der Waals surface area contributed by atoms with Gasteiger partial charge in [-0.1, -0.05) is 20.3 Å². The molecule has 0 atom stereocenters. The van der Waals surface area contributed by atoms with Crippen LogP contribution in [0.1, 0.15) is 82.8 Å². The molecule has 0 saturated heterocycles. The van der Waals surface area contributed by atoms with E-state index in [1.807, 2.05) is 0 Å². The zero-order valence-corrected chi connectivity index (χ0v) is 15.2. The van der Waals surface area contributed by atoms with Crippen molar-refractivity contribution in [3.8, 4) is 17.2 Å². The average Bonchev–Trinajstić information content (AvgIpc) is 3.47. The normalized spacial score (nSPS) is 20.1. The first-order valence-corrected chi connectivity index (χ1v) is 9.64. The molecule has 134 valence electrons. The number of rotatable bonds is 9. The molecule has 3 nitrogen and oxygen atoms in total. The molecule has 2 saturated carbocycles. The molecular weight excluding hydrogens is 300 g/mol. The molecule has 2 aliphatic carbocycles. The summed E-state index contributed by atoms with van der Waals surface area (Å²) < 4.78 is 0. The topological polar surface area (TPSA) is 60.7 Å². The third-order valence-corrected chi connectivity index (χ3v) is 6.62. The van der Waals surface area contributed by atoms with Gasteiger partial charge in [-0.2, -0.15) is 0 Å². The van der Waals surface area contributed by atoms with Crippen LogP contribution in [0.2, 0.25) is 0 Å². The molecule has 1 aromatic carbocycles. The highest BCUT2D eigenvalue weighted by Gasteiger charge is 2.39. The molecule has 3 rings (SSSR count). The smallest absolute Gasteiger partial charge is 0.200 e. The lowest BCUT2D eigenvalue weighted by molar-refractivity contribution is 0.362. The number of aryl methyl sites for hydroxylation is 1. The van der Waals surface area contributed by atoms with Crippen molar-refractivity contribution in [2.24, 2.45) is 10.8 Å². The summed E-state index contributed by atoms with van der Waals surface area (Å²) >= 11 is 0. The van der Waals surface area contributed by atoms with Crippen LogP contribution in [0, 0.1) is 10.8 Å². The predicted octanol–water partition coefficient (Wildman–Crippen LogP) is 5.44. The van der Waals surface area contributed by atoms with Crippen molar-refractivity contribution in [1.29, 1.82) is 0 Å². The molecule has 0 aromatic heterocycles. The van der Waals surface area contributed by atoms with Crippen LogP contribution in [0.4, 0.5) is 0 Å². The second-order valence-electron chi connectivity index (χ2n) is 8.60. The Kier molecular flexibility index (Phi) is 4.72. The molecule has 0 unspecified atom stereocenters. The molecule has 0 radical (unpaired) electrons. The van der Waals surface area contributed by atoms with Crippen LogP contribution in [-0.2, 0) is 12.8 Å². The van der Waals surface area contributed by atoms with Crippen molar-refractivity contribution in [3.63, 3.8) is 0 Å². The van der Waals surface area contributed by atoms with E-state index in [1.54, 1.807) is 6.07 Å². The lowest BCUT2D eigenvalue weighted by Gasteiger charge is -2.17. The summed E-state index contributed by atoms with van der Waals surface area (Å²) in [6, 6.07) is 1.66. The molecule has 3 N–H and O–H groups in total. The van der Waals surface area contributed by atoms with Gasteiger partial charge in [0.1, 0.15) is 0 Å². The summed E-state index contributed by atoms with van der Waals surface area (Å²) in [6.45, 7) is 4.59. The first-order valence-electron chi connectivity index (χ1n) is 9.64. The molecule has 1 aromatic rings. The van der Waals surface area contributed by atoms with E-state index in [-0.39, 0.29) is 17.2 Å². The summed E-state index contributed by atoms with van der Waals surface area (Å²) in [6.07, 6.45) is 12.7. The van der Waals surface area contributed by atoms with Crippen molar-refractivity contribution in [1.82, 2.24) is 0 Å². The van der Waals surface area contributed by atoms with Crippen LogP contribution in [0.3, 0.4) is 0 Å². The Morgan fingerprint density at radius 2 is 1.58 bits per heavy atom. The number of aromatic hydroxyl groups is 3. The third-order valence-electron chi connectivity index (χ3n) is 6.62. The number of phenolic OH excluding ortho intramolecular Hbond substituents is 3. The van der Waals surface area contributed by atoms with E-state index in [0.717, 1.165) is 36.8 Å². The maximum Gasteiger partial charge on any atom is 0.200 e. The fourth-order valence-electron chi connectivity index (χ4n) is 4.01. The van der Waals surface area contributed by atoms with Gasteiger partial charge in [-0.15, -0.1) is 0 Å². The Bertz CT molecular complexity index is 598. The van der Waals surface area contributed by atoms with Crippen LogP contribution in [0.15, 0.2) is 6.07 Å².